The van der Waals surface area contributed by atoms with Crippen molar-refractivity contribution < 1.29 is 9.53 Å². The molecule has 3 nitrogen and oxygen atoms in total. The van der Waals surface area contributed by atoms with Gasteiger partial charge in [0.15, 0.2) is 0 Å². The van der Waals surface area contributed by atoms with Crippen molar-refractivity contribution in [3.63, 3.8) is 0 Å². The molecule has 0 spiro atoms. The number of carbonyl (C=O) groups excluding carboxylic acids is 1. The Hall–Kier alpha value is -3.07. The molecule has 0 aliphatic carbocycles. The number of hydrogen-bond acceptors (Lipinski definition) is 2. The molecule has 132 valence electrons. The Kier molecular flexibility index (Phi) is 6.05. The first-order chi connectivity index (χ1) is 12.8. The lowest BCUT2D eigenvalue weighted by molar-refractivity contribution is -0.117. The lowest BCUT2D eigenvalue weighted by Crippen LogP contribution is -2.20. The SMILES string of the molecule is CCC(C(=O)Nc1ccc(OCc2ccccc2)cc1)c1ccccc1. The molecule has 3 aromatic rings. The van der Waals surface area contributed by atoms with Crippen LogP contribution in [0.25, 0.3) is 0 Å². The van der Waals surface area contributed by atoms with Crippen LogP contribution in [0.15, 0.2) is 84.9 Å². The van der Waals surface area contributed by atoms with Gasteiger partial charge in [0.05, 0.1) is 5.92 Å². The quantitative estimate of drug-likeness (QED) is 0.623. The Morgan fingerprint density at radius 3 is 2.12 bits per heavy atom. The van der Waals surface area contributed by atoms with Crippen LogP contribution in [0.1, 0.15) is 30.4 Å². The number of anilines is 1. The van der Waals surface area contributed by atoms with Gasteiger partial charge < -0.3 is 10.1 Å². The zero-order valence-electron chi connectivity index (χ0n) is 14.9. The van der Waals surface area contributed by atoms with Crippen LogP contribution < -0.4 is 10.1 Å². The molecule has 1 N–H and O–H groups in total. The highest BCUT2D eigenvalue weighted by Crippen LogP contribution is 2.23. The standard InChI is InChI=1S/C23H23NO2/c1-2-22(19-11-7-4-8-12-19)23(25)24-20-13-15-21(16-14-20)26-17-18-9-5-3-6-10-18/h3-16,22H,2,17H2,1H3,(H,24,25). The van der Waals surface area contributed by atoms with Crippen LogP contribution in [0.2, 0.25) is 0 Å². The molecular weight excluding hydrogens is 322 g/mol. The third-order valence-corrected chi connectivity index (χ3v) is 4.30. The molecule has 1 atom stereocenters. The number of hydrogen-bond donors (Lipinski definition) is 1. The Labute approximate surface area is 154 Å². The van der Waals surface area contributed by atoms with Gasteiger partial charge in [-0.25, -0.2) is 0 Å². The number of nitrogens with one attached hydrogen (secondary N) is 1. The number of carbonyl (C=O) groups is 1. The molecule has 0 heterocycles. The predicted octanol–water partition coefficient (Wildman–Crippen LogP) is 5.40. The van der Waals surface area contributed by atoms with E-state index in [0.29, 0.717) is 6.61 Å². The molecule has 0 saturated heterocycles. The molecule has 0 radical (unpaired) electrons. The minimum absolute atomic E-state index is 0.0108. The summed E-state index contributed by atoms with van der Waals surface area (Å²) in [6.07, 6.45) is 0.758. The van der Waals surface area contributed by atoms with Gasteiger partial charge in [0.2, 0.25) is 5.91 Å². The Balaban J connectivity index is 1.59. The van der Waals surface area contributed by atoms with Gasteiger partial charge in [-0.3, -0.25) is 4.79 Å². The van der Waals surface area contributed by atoms with Crippen LogP contribution >= 0.6 is 0 Å². The third kappa shape index (κ3) is 4.73. The minimum Gasteiger partial charge on any atom is -0.489 e. The largest absolute Gasteiger partial charge is 0.489 e. The molecule has 1 unspecified atom stereocenters. The summed E-state index contributed by atoms with van der Waals surface area (Å²) in [4.78, 5) is 12.6. The van der Waals surface area contributed by atoms with Crippen molar-refractivity contribution in [3.05, 3.63) is 96.1 Å². The summed E-state index contributed by atoms with van der Waals surface area (Å²) in [6, 6.07) is 27.4. The second-order valence-electron chi connectivity index (χ2n) is 6.16. The number of benzene rings is 3. The van der Waals surface area contributed by atoms with Crippen molar-refractivity contribution in [1.82, 2.24) is 0 Å². The first-order valence-electron chi connectivity index (χ1n) is 8.89. The number of ether oxygens (including phenoxy) is 1. The fourth-order valence-electron chi connectivity index (χ4n) is 2.86. The first-order valence-corrected chi connectivity index (χ1v) is 8.89. The predicted molar refractivity (Wildman–Crippen MR) is 105 cm³/mol. The second-order valence-corrected chi connectivity index (χ2v) is 6.16. The summed E-state index contributed by atoms with van der Waals surface area (Å²) >= 11 is 0. The van der Waals surface area contributed by atoms with E-state index in [1.54, 1.807) is 0 Å². The van der Waals surface area contributed by atoms with Crippen LogP contribution in [0.4, 0.5) is 5.69 Å². The maximum absolute atomic E-state index is 12.6. The van der Waals surface area contributed by atoms with Crippen molar-refractivity contribution in [2.45, 2.75) is 25.9 Å². The van der Waals surface area contributed by atoms with Gasteiger partial charge in [0.1, 0.15) is 12.4 Å². The zero-order valence-corrected chi connectivity index (χ0v) is 14.9. The lowest BCUT2D eigenvalue weighted by Gasteiger charge is -2.15. The second kappa shape index (κ2) is 8.86. The number of amides is 1. The zero-order chi connectivity index (χ0) is 18.2. The van der Waals surface area contributed by atoms with Gasteiger partial charge in [-0.2, -0.15) is 0 Å². The number of rotatable bonds is 7. The smallest absolute Gasteiger partial charge is 0.231 e. The Bertz CT molecular complexity index is 814. The Morgan fingerprint density at radius 2 is 1.50 bits per heavy atom. The van der Waals surface area contributed by atoms with Crippen LogP contribution in [0.3, 0.4) is 0 Å². The van der Waals surface area contributed by atoms with Gasteiger partial charge >= 0.3 is 0 Å². The van der Waals surface area contributed by atoms with Crippen LogP contribution in [0, 0.1) is 0 Å². The molecule has 3 aromatic carbocycles. The minimum atomic E-state index is -0.148. The first kappa shape index (κ1) is 17.7. The van der Waals surface area contributed by atoms with Gasteiger partial charge in [0.25, 0.3) is 0 Å². The fourth-order valence-corrected chi connectivity index (χ4v) is 2.86. The van der Waals surface area contributed by atoms with E-state index in [-0.39, 0.29) is 11.8 Å². The summed E-state index contributed by atoms with van der Waals surface area (Å²) in [5.74, 6) is 0.642. The molecule has 0 saturated carbocycles. The summed E-state index contributed by atoms with van der Waals surface area (Å²) in [5.41, 5.74) is 2.94. The van der Waals surface area contributed by atoms with E-state index in [0.717, 1.165) is 29.0 Å². The highest BCUT2D eigenvalue weighted by molar-refractivity contribution is 5.95. The van der Waals surface area contributed by atoms with Gasteiger partial charge in [0, 0.05) is 5.69 Å². The van der Waals surface area contributed by atoms with Crippen LogP contribution in [-0.4, -0.2) is 5.91 Å². The van der Waals surface area contributed by atoms with Crippen LogP contribution in [0.5, 0.6) is 5.75 Å². The normalized spacial score (nSPS) is 11.6. The molecule has 26 heavy (non-hydrogen) atoms. The van der Waals surface area contributed by atoms with Crippen molar-refractivity contribution in [3.8, 4) is 5.75 Å². The molecule has 0 bridgehead atoms. The van der Waals surface area contributed by atoms with Crippen molar-refractivity contribution >= 4 is 11.6 Å². The summed E-state index contributed by atoms with van der Waals surface area (Å²) in [7, 11) is 0. The van der Waals surface area contributed by atoms with Gasteiger partial charge in [-0.15, -0.1) is 0 Å². The van der Waals surface area contributed by atoms with Gasteiger partial charge in [-0.05, 0) is 41.8 Å². The van der Waals surface area contributed by atoms with E-state index in [4.69, 9.17) is 4.74 Å². The molecule has 0 fully saturated rings. The summed E-state index contributed by atoms with van der Waals surface area (Å²) < 4.78 is 5.78. The fraction of sp³-hybridized carbons (Fsp3) is 0.174. The average Bonchev–Trinajstić information content (AvgIpc) is 2.70. The summed E-state index contributed by atoms with van der Waals surface area (Å²) in [6.45, 7) is 2.55. The van der Waals surface area contributed by atoms with E-state index in [1.807, 2.05) is 91.9 Å². The molecule has 0 aliphatic rings. The van der Waals surface area contributed by atoms with E-state index in [2.05, 4.69) is 5.32 Å². The van der Waals surface area contributed by atoms with Crippen molar-refractivity contribution in [2.75, 3.05) is 5.32 Å². The molecule has 1 amide bonds. The summed E-state index contributed by atoms with van der Waals surface area (Å²) in [5, 5.41) is 3.00. The van der Waals surface area contributed by atoms with E-state index >= 15 is 0 Å². The van der Waals surface area contributed by atoms with E-state index in [1.165, 1.54) is 0 Å². The maximum atomic E-state index is 12.6. The maximum Gasteiger partial charge on any atom is 0.231 e. The van der Waals surface area contributed by atoms with Crippen LogP contribution in [-0.2, 0) is 11.4 Å². The molecule has 3 rings (SSSR count). The monoisotopic (exact) mass is 345 g/mol. The van der Waals surface area contributed by atoms with Crippen molar-refractivity contribution in [2.24, 2.45) is 0 Å². The van der Waals surface area contributed by atoms with E-state index < -0.39 is 0 Å². The van der Waals surface area contributed by atoms with Gasteiger partial charge in [-0.1, -0.05) is 67.6 Å². The van der Waals surface area contributed by atoms with E-state index in [9.17, 15) is 4.79 Å². The highest BCUT2D eigenvalue weighted by atomic mass is 16.5. The topological polar surface area (TPSA) is 38.3 Å². The Morgan fingerprint density at radius 1 is 0.885 bits per heavy atom. The highest BCUT2D eigenvalue weighted by Gasteiger charge is 2.18. The molecular formula is C23H23NO2. The molecule has 3 heteroatoms. The molecule has 0 aliphatic heterocycles. The third-order valence-electron chi connectivity index (χ3n) is 4.30. The average molecular weight is 345 g/mol. The lowest BCUT2D eigenvalue weighted by atomic mass is 9.95. The van der Waals surface area contributed by atoms with Crippen molar-refractivity contribution in [1.29, 1.82) is 0 Å². The molecule has 0 aromatic heterocycles.